The summed E-state index contributed by atoms with van der Waals surface area (Å²) in [6, 6.07) is 27.5. The Kier molecular flexibility index (Phi) is 7.01. The zero-order chi connectivity index (χ0) is 23.0. The van der Waals surface area contributed by atoms with Crippen LogP contribution in [0.25, 0.3) is 0 Å². The van der Waals surface area contributed by atoms with Crippen molar-refractivity contribution in [2.75, 3.05) is 28.2 Å². The van der Waals surface area contributed by atoms with E-state index in [1.54, 1.807) is 4.90 Å². The van der Waals surface area contributed by atoms with Gasteiger partial charge in [0.25, 0.3) is 0 Å². The van der Waals surface area contributed by atoms with E-state index in [1.165, 1.54) is 11.3 Å². The van der Waals surface area contributed by atoms with Crippen LogP contribution in [0.2, 0.25) is 0 Å². The third-order valence-corrected chi connectivity index (χ3v) is 5.73. The summed E-state index contributed by atoms with van der Waals surface area (Å²) in [5.41, 5.74) is 5.10. The predicted molar refractivity (Wildman–Crippen MR) is 130 cm³/mol. The van der Waals surface area contributed by atoms with Gasteiger partial charge < -0.3 is 15.1 Å². The number of carbonyl (C=O) groups excluding carboxylic acids is 2. The normalized spacial score (nSPS) is 12.0. The van der Waals surface area contributed by atoms with Gasteiger partial charge in [-0.05, 0) is 54.4 Å². The van der Waals surface area contributed by atoms with E-state index < -0.39 is 0 Å². The molecule has 4 rings (SSSR count). The van der Waals surface area contributed by atoms with Gasteiger partial charge in [-0.1, -0.05) is 36.4 Å². The summed E-state index contributed by atoms with van der Waals surface area (Å²) in [5, 5.41) is 11.8. The van der Waals surface area contributed by atoms with E-state index in [9.17, 15) is 9.59 Å². The smallest absolute Gasteiger partial charge is 0.227 e. The maximum absolute atomic E-state index is 12.7. The lowest BCUT2D eigenvalue weighted by Gasteiger charge is -2.22. The number of para-hydroxylation sites is 2. The highest BCUT2D eigenvalue weighted by molar-refractivity contribution is 5.98. The minimum atomic E-state index is -0.212. The number of hydrogen-bond donors (Lipinski definition) is 1. The van der Waals surface area contributed by atoms with Crippen molar-refractivity contribution in [1.29, 1.82) is 5.26 Å². The van der Waals surface area contributed by atoms with E-state index in [2.05, 4.69) is 34.5 Å². The van der Waals surface area contributed by atoms with Gasteiger partial charge in [-0.15, -0.1) is 0 Å². The molecule has 0 aliphatic carbocycles. The quantitative estimate of drug-likeness (QED) is 0.534. The van der Waals surface area contributed by atoms with Crippen molar-refractivity contribution in [3.8, 4) is 6.07 Å². The van der Waals surface area contributed by atoms with Crippen molar-refractivity contribution in [1.82, 2.24) is 0 Å². The average Bonchev–Trinajstić information content (AvgIpc) is 3.28. The lowest BCUT2D eigenvalue weighted by atomic mass is 10.2. The Morgan fingerprint density at radius 1 is 0.939 bits per heavy atom. The predicted octanol–water partition coefficient (Wildman–Crippen LogP) is 5.05. The second-order valence-corrected chi connectivity index (χ2v) is 7.91. The molecular formula is C27H26N4O2. The molecule has 3 aromatic rings. The van der Waals surface area contributed by atoms with Crippen LogP contribution in [0.5, 0.6) is 0 Å². The number of hydrogen-bond acceptors (Lipinski definition) is 4. The van der Waals surface area contributed by atoms with Gasteiger partial charge in [-0.25, -0.2) is 0 Å². The van der Waals surface area contributed by atoms with Crippen LogP contribution in [-0.4, -0.2) is 24.9 Å². The van der Waals surface area contributed by atoms with E-state index in [4.69, 9.17) is 5.26 Å². The molecule has 0 saturated heterocycles. The van der Waals surface area contributed by atoms with E-state index in [0.717, 1.165) is 24.3 Å². The summed E-state index contributed by atoms with van der Waals surface area (Å²) in [5.74, 6) is -0.384. The molecule has 2 amide bonds. The molecule has 0 fully saturated rings. The number of benzene rings is 3. The summed E-state index contributed by atoms with van der Waals surface area (Å²) in [7, 11) is 0. The monoisotopic (exact) mass is 438 g/mol. The molecule has 0 saturated carbocycles. The summed E-state index contributed by atoms with van der Waals surface area (Å²) in [6.07, 6.45) is 1.42. The number of rotatable bonds is 8. The van der Waals surface area contributed by atoms with E-state index in [0.29, 0.717) is 12.2 Å². The van der Waals surface area contributed by atoms with Crippen LogP contribution >= 0.6 is 0 Å². The number of carbonyl (C=O) groups is 2. The lowest BCUT2D eigenvalue weighted by molar-refractivity contribution is -0.122. The molecule has 0 spiro atoms. The van der Waals surface area contributed by atoms with Crippen LogP contribution < -0.4 is 15.1 Å². The summed E-state index contributed by atoms with van der Waals surface area (Å²) in [6.45, 7) is 1.25. The number of anilines is 4. The highest BCUT2D eigenvalue weighted by atomic mass is 16.2. The molecule has 0 bridgehead atoms. The van der Waals surface area contributed by atoms with Crippen LogP contribution in [0.3, 0.4) is 0 Å². The highest BCUT2D eigenvalue weighted by Gasteiger charge is 2.20. The fraction of sp³-hybridized carbons (Fsp3) is 0.222. The maximum atomic E-state index is 12.7. The molecule has 0 aromatic heterocycles. The minimum Gasteiger partial charge on any atom is -0.341 e. The molecule has 6 heteroatoms. The van der Waals surface area contributed by atoms with Gasteiger partial charge in [-0.3, -0.25) is 9.59 Å². The van der Waals surface area contributed by atoms with Crippen LogP contribution in [0.4, 0.5) is 22.7 Å². The molecule has 1 heterocycles. The minimum absolute atomic E-state index is 0.0782. The number of nitrogens with one attached hydrogen (secondary N) is 1. The first-order chi connectivity index (χ1) is 16.2. The van der Waals surface area contributed by atoms with Gasteiger partial charge in [0.15, 0.2) is 0 Å². The summed E-state index contributed by atoms with van der Waals surface area (Å²) >= 11 is 0. The molecule has 1 N–H and O–H groups in total. The van der Waals surface area contributed by atoms with Crippen molar-refractivity contribution in [2.24, 2.45) is 0 Å². The Bertz CT molecular complexity index is 1150. The fourth-order valence-electron chi connectivity index (χ4n) is 4.08. The molecular weight excluding hydrogens is 412 g/mol. The Balaban J connectivity index is 1.32. The van der Waals surface area contributed by atoms with Crippen LogP contribution in [-0.2, 0) is 16.0 Å². The molecule has 0 atom stereocenters. The molecule has 0 radical (unpaired) electrons. The molecule has 1 aliphatic heterocycles. The largest absolute Gasteiger partial charge is 0.341 e. The van der Waals surface area contributed by atoms with Gasteiger partial charge >= 0.3 is 0 Å². The van der Waals surface area contributed by atoms with Crippen LogP contribution in [0.1, 0.15) is 24.8 Å². The lowest BCUT2D eigenvalue weighted by Crippen LogP contribution is -2.32. The number of amides is 2. The Morgan fingerprint density at radius 3 is 2.42 bits per heavy atom. The molecule has 1 aliphatic rings. The van der Waals surface area contributed by atoms with E-state index in [1.807, 2.05) is 60.7 Å². The van der Waals surface area contributed by atoms with E-state index in [-0.39, 0.29) is 31.1 Å². The number of fused-ring (bicyclic) bond motifs is 1. The second-order valence-electron chi connectivity index (χ2n) is 7.91. The third-order valence-electron chi connectivity index (χ3n) is 5.73. The first-order valence-electron chi connectivity index (χ1n) is 11.1. The van der Waals surface area contributed by atoms with Crippen molar-refractivity contribution >= 4 is 34.6 Å². The Hall–Kier alpha value is -4.11. The van der Waals surface area contributed by atoms with Crippen LogP contribution in [0, 0.1) is 11.3 Å². The fourth-order valence-corrected chi connectivity index (χ4v) is 4.08. The third kappa shape index (κ3) is 5.39. The van der Waals surface area contributed by atoms with Crippen molar-refractivity contribution in [3.05, 3.63) is 84.4 Å². The van der Waals surface area contributed by atoms with Gasteiger partial charge in [-0.2, -0.15) is 5.26 Å². The average molecular weight is 439 g/mol. The highest BCUT2D eigenvalue weighted by Crippen LogP contribution is 2.34. The van der Waals surface area contributed by atoms with Crippen molar-refractivity contribution < 1.29 is 9.59 Å². The van der Waals surface area contributed by atoms with Gasteiger partial charge in [0.05, 0.1) is 12.5 Å². The summed E-state index contributed by atoms with van der Waals surface area (Å²) < 4.78 is 0. The molecule has 3 aromatic carbocycles. The molecule has 6 nitrogen and oxygen atoms in total. The number of nitrogens with zero attached hydrogens (tertiary/aromatic N) is 3. The Labute approximate surface area is 194 Å². The topological polar surface area (TPSA) is 76.4 Å². The van der Waals surface area contributed by atoms with E-state index >= 15 is 0 Å². The second kappa shape index (κ2) is 10.5. The van der Waals surface area contributed by atoms with Gasteiger partial charge in [0, 0.05) is 48.7 Å². The van der Waals surface area contributed by atoms with Gasteiger partial charge in [0.1, 0.15) is 0 Å². The van der Waals surface area contributed by atoms with Crippen molar-refractivity contribution in [3.63, 3.8) is 0 Å². The molecule has 166 valence electrons. The zero-order valence-electron chi connectivity index (χ0n) is 18.4. The zero-order valence-corrected chi connectivity index (χ0v) is 18.4. The standard InChI is InChI=1S/C27H26N4O2/c28-18-6-19-31(23-8-2-1-3-9-23)27(33)16-15-26(32)29-22-11-13-24(14-12-22)30-20-17-21-7-4-5-10-25(21)30/h1-5,7-14H,6,15-17,19-20H2,(H,29,32). The SMILES string of the molecule is N#CCCN(C(=O)CCC(=O)Nc1ccc(N2CCc3ccccc32)cc1)c1ccccc1. The van der Waals surface area contributed by atoms with Crippen LogP contribution in [0.15, 0.2) is 78.9 Å². The molecule has 0 unspecified atom stereocenters. The van der Waals surface area contributed by atoms with Gasteiger partial charge in [0.2, 0.25) is 11.8 Å². The van der Waals surface area contributed by atoms with Crippen molar-refractivity contribution in [2.45, 2.75) is 25.7 Å². The number of nitriles is 1. The summed E-state index contributed by atoms with van der Waals surface area (Å²) in [4.78, 5) is 29.0. The molecule has 33 heavy (non-hydrogen) atoms. The first kappa shape index (κ1) is 22.1. The Morgan fingerprint density at radius 2 is 1.67 bits per heavy atom. The first-order valence-corrected chi connectivity index (χ1v) is 11.1. The maximum Gasteiger partial charge on any atom is 0.227 e.